The Hall–Kier alpha value is -1.75. The first-order valence-electron chi connectivity index (χ1n) is 8.93. The van der Waals surface area contributed by atoms with E-state index in [1.807, 2.05) is 30.5 Å². The van der Waals surface area contributed by atoms with E-state index in [2.05, 4.69) is 36.3 Å². The van der Waals surface area contributed by atoms with Gasteiger partial charge in [-0.15, -0.1) is 0 Å². The molecule has 3 rings (SSSR count). The number of hydrogen-bond donors (Lipinski definition) is 0. The van der Waals surface area contributed by atoms with Crippen LogP contribution in [0, 0.1) is 20.8 Å². The Kier molecular flexibility index (Phi) is 5.84. The Morgan fingerprint density at radius 3 is 2.80 bits per heavy atom. The summed E-state index contributed by atoms with van der Waals surface area (Å²) in [6, 6.07) is 8.60. The van der Waals surface area contributed by atoms with Gasteiger partial charge in [-0.1, -0.05) is 29.4 Å². The predicted molar refractivity (Wildman–Crippen MR) is 102 cm³/mol. The van der Waals surface area contributed by atoms with Crippen molar-refractivity contribution in [3.63, 3.8) is 0 Å². The molecule has 1 unspecified atom stereocenters. The van der Waals surface area contributed by atoms with Gasteiger partial charge in [0.05, 0.1) is 5.69 Å². The summed E-state index contributed by atoms with van der Waals surface area (Å²) in [5.41, 5.74) is 4.74. The molecule has 1 aromatic heterocycles. The molecule has 5 heteroatoms. The summed E-state index contributed by atoms with van der Waals surface area (Å²) in [6.45, 7) is 7.70. The first-order valence-corrected chi connectivity index (χ1v) is 9.98. The Morgan fingerprint density at radius 2 is 2.08 bits per heavy atom. The molecule has 2 heterocycles. The van der Waals surface area contributed by atoms with E-state index in [4.69, 9.17) is 4.52 Å². The summed E-state index contributed by atoms with van der Waals surface area (Å²) in [5, 5.41) is 4.46. The van der Waals surface area contributed by atoms with Gasteiger partial charge in [-0.25, -0.2) is 0 Å². The van der Waals surface area contributed by atoms with Crippen LogP contribution < -0.4 is 0 Å². The minimum Gasteiger partial charge on any atom is -0.361 e. The molecular formula is C20H26N2O2S. The van der Waals surface area contributed by atoms with Crippen LogP contribution in [0.15, 0.2) is 28.8 Å². The van der Waals surface area contributed by atoms with E-state index >= 15 is 0 Å². The summed E-state index contributed by atoms with van der Waals surface area (Å²) >= 11 is 1.97. The molecule has 1 fully saturated rings. The molecule has 0 radical (unpaired) electrons. The van der Waals surface area contributed by atoms with Crippen molar-refractivity contribution < 1.29 is 9.32 Å². The van der Waals surface area contributed by atoms with E-state index in [0.717, 1.165) is 42.3 Å². The molecule has 1 atom stereocenters. The average molecular weight is 359 g/mol. The van der Waals surface area contributed by atoms with Crippen LogP contribution in [0.25, 0.3) is 0 Å². The summed E-state index contributed by atoms with van der Waals surface area (Å²) in [7, 11) is 0. The molecule has 0 spiro atoms. The molecular weight excluding hydrogens is 332 g/mol. The Bertz CT molecular complexity index is 722. The lowest BCUT2D eigenvalue weighted by molar-refractivity contribution is -0.130. The van der Waals surface area contributed by atoms with Gasteiger partial charge >= 0.3 is 0 Å². The van der Waals surface area contributed by atoms with Gasteiger partial charge in [0.2, 0.25) is 5.91 Å². The highest BCUT2D eigenvalue weighted by Crippen LogP contribution is 2.36. The van der Waals surface area contributed by atoms with Gasteiger partial charge in [-0.2, -0.15) is 11.8 Å². The number of carbonyl (C=O) groups is 1. The number of nitrogens with zero attached hydrogens (tertiary/aromatic N) is 2. The molecule has 1 aliphatic rings. The van der Waals surface area contributed by atoms with Crippen LogP contribution in [0.3, 0.4) is 0 Å². The molecule has 2 aromatic rings. The number of benzene rings is 1. The topological polar surface area (TPSA) is 46.3 Å². The first kappa shape index (κ1) is 18.1. The molecule has 4 nitrogen and oxygen atoms in total. The summed E-state index contributed by atoms with van der Waals surface area (Å²) in [6.07, 6.45) is 2.26. The zero-order valence-electron chi connectivity index (χ0n) is 15.2. The van der Waals surface area contributed by atoms with E-state index in [0.29, 0.717) is 18.1 Å². The monoisotopic (exact) mass is 358 g/mol. The fourth-order valence-corrected chi connectivity index (χ4v) is 4.79. The zero-order valence-corrected chi connectivity index (χ0v) is 16.1. The van der Waals surface area contributed by atoms with Gasteiger partial charge in [0.15, 0.2) is 0 Å². The normalized spacial score (nSPS) is 18.2. The standard InChI is InChI=1S/C20H26N2O2S/c1-14-6-4-5-7-17(14)19-10-11-22(12-13-25-19)20(23)9-8-18-15(2)21-24-16(18)3/h4-7,19H,8-13H2,1-3H3. The van der Waals surface area contributed by atoms with Crippen LogP contribution in [0.1, 0.15) is 46.2 Å². The number of aromatic nitrogens is 1. The average Bonchev–Trinajstić information content (AvgIpc) is 2.79. The van der Waals surface area contributed by atoms with Gasteiger partial charge in [0.1, 0.15) is 5.76 Å². The first-order chi connectivity index (χ1) is 12.1. The Balaban J connectivity index is 1.57. The zero-order chi connectivity index (χ0) is 17.8. The molecule has 0 aliphatic carbocycles. The van der Waals surface area contributed by atoms with Crippen molar-refractivity contribution in [2.24, 2.45) is 0 Å². The third kappa shape index (κ3) is 4.27. The van der Waals surface area contributed by atoms with Gasteiger partial charge in [-0.05, 0) is 44.7 Å². The number of rotatable bonds is 4. The van der Waals surface area contributed by atoms with Crippen molar-refractivity contribution in [1.82, 2.24) is 10.1 Å². The van der Waals surface area contributed by atoms with Crippen LogP contribution in [-0.4, -0.2) is 34.8 Å². The summed E-state index contributed by atoms with van der Waals surface area (Å²) in [5.74, 6) is 2.07. The van der Waals surface area contributed by atoms with Crippen LogP contribution in [-0.2, 0) is 11.2 Å². The largest absolute Gasteiger partial charge is 0.361 e. The van der Waals surface area contributed by atoms with E-state index in [1.165, 1.54) is 11.1 Å². The minimum absolute atomic E-state index is 0.242. The highest BCUT2D eigenvalue weighted by Gasteiger charge is 2.23. The number of aryl methyl sites for hydroxylation is 3. The molecule has 0 N–H and O–H groups in total. The Morgan fingerprint density at radius 1 is 1.28 bits per heavy atom. The maximum Gasteiger partial charge on any atom is 0.222 e. The van der Waals surface area contributed by atoms with E-state index in [1.54, 1.807) is 0 Å². The molecule has 0 bridgehead atoms. The molecule has 1 saturated heterocycles. The second kappa shape index (κ2) is 8.09. The number of amides is 1. The van der Waals surface area contributed by atoms with Crippen LogP contribution in [0.2, 0.25) is 0 Å². The van der Waals surface area contributed by atoms with Crippen molar-refractivity contribution >= 4 is 17.7 Å². The fraction of sp³-hybridized carbons (Fsp3) is 0.500. The van der Waals surface area contributed by atoms with Crippen LogP contribution in [0.4, 0.5) is 0 Å². The van der Waals surface area contributed by atoms with E-state index < -0.39 is 0 Å². The number of thioether (sulfide) groups is 1. The molecule has 1 aliphatic heterocycles. The van der Waals surface area contributed by atoms with Gasteiger partial charge < -0.3 is 9.42 Å². The lowest BCUT2D eigenvalue weighted by Gasteiger charge is -2.20. The van der Waals surface area contributed by atoms with E-state index in [-0.39, 0.29) is 5.91 Å². The molecule has 1 amide bonds. The van der Waals surface area contributed by atoms with E-state index in [9.17, 15) is 4.79 Å². The number of hydrogen-bond acceptors (Lipinski definition) is 4. The van der Waals surface area contributed by atoms with Crippen molar-refractivity contribution in [3.8, 4) is 0 Å². The second-order valence-electron chi connectivity index (χ2n) is 6.69. The van der Waals surface area contributed by atoms with Crippen molar-refractivity contribution in [3.05, 3.63) is 52.4 Å². The highest BCUT2D eigenvalue weighted by atomic mass is 32.2. The van der Waals surface area contributed by atoms with Crippen LogP contribution >= 0.6 is 11.8 Å². The molecule has 25 heavy (non-hydrogen) atoms. The summed E-state index contributed by atoms with van der Waals surface area (Å²) in [4.78, 5) is 14.7. The predicted octanol–water partition coefficient (Wildman–Crippen LogP) is 4.24. The molecule has 134 valence electrons. The minimum atomic E-state index is 0.242. The SMILES string of the molecule is Cc1ccccc1C1CCN(C(=O)CCc2c(C)noc2C)CCS1. The number of carbonyl (C=O) groups excluding carboxylic acids is 1. The molecule has 0 saturated carbocycles. The quantitative estimate of drug-likeness (QED) is 0.820. The maximum absolute atomic E-state index is 12.6. The Labute approximate surface area is 154 Å². The highest BCUT2D eigenvalue weighted by molar-refractivity contribution is 7.99. The smallest absolute Gasteiger partial charge is 0.222 e. The second-order valence-corrected chi connectivity index (χ2v) is 8.00. The summed E-state index contributed by atoms with van der Waals surface area (Å²) < 4.78 is 5.19. The van der Waals surface area contributed by atoms with Crippen molar-refractivity contribution in [2.75, 3.05) is 18.8 Å². The van der Waals surface area contributed by atoms with Crippen LogP contribution in [0.5, 0.6) is 0 Å². The maximum atomic E-state index is 12.6. The van der Waals surface area contributed by atoms with Gasteiger partial charge in [-0.3, -0.25) is 4.79 Å². The third-order valence-electron chi connectivity index (χ3n) is 5.00. The van der Waals surface area contributed by atoms with Crippen molar-refractivity contribution in [1.29, 1.82) is 0 Å². The third-order valence-corrected chi connectivity index (χ3v) is 6.31. The fourth-order valence-electron chi connectivity index (χ4n) is 3.46. The van der Waals surface area contributed by atoms with Gasteiger partial charge in [0, 0.05) is 36.1 Å². The lowest BCUT2D eigenvalue weighted by Crippen LogP contribution is -2.33. The van der Waals surface area contributed by atoms with Gasteiger partial charge in [0.25, 0.3) is 0 Å². The molecule has 1 aromatic carbocycles. The van der Waals surface area contributed by atoms with Crippen molar-refractivity contribution in [2.45, 2.75) is 45.3 Å². The lowest BCUT2D eigenvalue weighted by atomic mass is 10.0.